The molecule has 1 saturated heterocycles. The fourth-order valence-corrected chi connectivity index (χ4v) is 1.95. The molecule has 0 radical (unpaired) electrons. The van der Waals surface area contributed by atoms with Crippen LogP contribution in [0, 0.1) is 0 Å². The Balaban J connectivity index is 2.28. The molecule has 0 aromatic heterocycles. The number of nitrogens with zero attached hydrogens (tertiary/aromatic N) is 2. The van der Waals surface area contributed by atoms with Gasteiger partial charge in [0, 0.05) is 44.7 Å². The lowest BCUT2D eigenvalue weighted by molar-refractivity contribution is -0.133. The lowest BCUT2D eigenvalue weighted by Crippen LogP contribution is -2.49. The van der Waals surface area contributed by atoms with Gasteiger partial charge in [-0.05, 0) is 20.3 Å². The molecule has 4 nitrogen and oxygen atoms in total. The van der Waals surface area contributed by atoms with Gasteiger partial charge in [0.1, 0.15) is 0 Å². The Labute approximate surface area is 104 Å². The van der Waals surface area contributed by atoms with Crippen LogP contribution in [0.4, 0.5) is 0 Å². The summed E-state index contributed by atoms with van der Waals surface area (Å²) in [5.74, 6) is 0.238. The van der Waals surface area contributed by atoms with Gasteiger partial charge in [0.2, 0.25) is 5.91 Å². The zero-order valence-electron chi connectivity index (χ0n) is 11.1. The van der Waals surface area contributed by atoms with Crippen LogP contribution < -0.4 is 5.73 Å². The van der Waals surface area contributed by atoms with E-state index in [1.807, 2.05) is 24.8 Å². The lowest BCUT2D eigenvalue weighted by atomic mass is 9.99. The maximum absolute atomic E-state index is 11.9. The van der Waals surface area contributed by atoms with Crippen molar-refractivity contribution in [1.82, 2.24) is 9.80 Å². The summed E-state index contributed by atoms with van der Waals surface area (Å²) in [6, 6.07) is 0. The van der Waals surface area contributed by atoms with E-state index in [-0.39, 0.29) is 11.4 Å². The molecule has 1 amide bonds. The summed E-state index contributed by atoms with van der Waals surface area (Å²) >= 11 is 0. The number of carbonyl (C=O) groups excluding carboxylic acids is 1. The van der Waals surface area contributed by atoms with E-state index in [2.05, 4.69) is 11.5 Å². The summed E-state index contributed by atoms with van der Waals surface area (Å²) in [4.78, 5) is 16.2. The van der Waals surface area contributed by atoms with E-state index >= 15 is 0 Å². The standard InChI is InChI=1S/C13H25N3O/c1-4-7-15-8-10-16(11-9-15)12(17)5-6-13(2,3)14/h4H,1,5-11,14H2,2-3H3. The third kappa shape index (κ3) is 5.33. The largest absolute Gasteiger partial charge is 0.340 e. The summed E-state index contributed by atoms with van der Waals surface area (Å²) in [5.41, 5.74) is 5.64. The maximum atomic E-state index is 11.9. The Kier molecular flexibility index (Phi) is 5.15. The van der Waals surface area contributed by atoms with Crippen LogP contribution in [-0.4, -0.2) is 54.0 Å². The van der Waals surface area contributed by atoms with Gasteiger partial charge in [-0.3, -0.25) is 9.69 Å². The Hall–Kier alpha value is -0.870. The van der Waals surface area contributed by atoms with Gasteiger partial charge in [-0.2, -0.15) is 0 Å². The minimum atomic E-state index is -0.250. The number of carbonyl (C=O) groups is 1. The fourth-order valence-electron chi connectivity index (χ4n) is 1.95. The van der Waals surface area contributed by atoms with Crippen LogP contribution >= 0.6 is 0 Å². The van der Waals surface area contributed by atoms with E-state index in [0.717, 1.165) is 39.1 Å². The van der Waals surface area contributed by atoms with Crippen molar-refractivity contribution in [3.8, 4) is 0 Å². The molecule has 0 saturated carbocycles. The quantitative estimate of drug-likeness (QED) is 0.723. The van der Waals surface area contributed by atoms with Gasteiger partial charge in [-0.25, -0.2) is 0 Å². The van der Waals surface area contributed by atoms with Gasteiger partial charge >= 0.3 is 0 Å². The van der Waals surface area contributed by atoms with Gasteiger partial charge < -0.3 is 10.6 Å². The monoisotopic (exact) mass is 239 g/mol. The number of amides is 1. The molecule has 1 aliphatic heterocycles. The fraction of sp³-hybridized carbons (Fsp3) is 0.769. The van der Waals surface area contributed by atoms with Crippen molar-refractivity contribution in [3.63, 3.8) is 0 Å². The second kappa shape index (κ2) is 6.17. The zero-order valence-corrected chi connectivity index (χ0v) is 11.1. The predicted octanol–water partition coefficient (Wildman–Crippen LogP) is 0.834. The number of piperazine rings is 1. The van der Waals surface area contributed by atoms with Crippen molar-refractivity contribution >= 4 is 5.91 Å². The topological polar surface area (TPSA) is 49.6 Å². The molecule has 17 heavy (non-hydrogen) atoms. The molecule has 0 atom stereocenters. The molecular formula is C13H25N3O. The number of hydrogen-bond acceptors (Lipinski definition) is 3. The minimum absolute atomic E-state index is 0.238. The molecule has 1 heterocycles. The summed E-state index contributed by atoms with van der Waals surface area (Å²) in [6.07, 6.45) is 3.22. The SMILES string of the molecule is C=CCN1CCN(C(=O)CCC(C)(C)N)CC1. The van der Waals surface area contributed by atoms with Crippen molar-refractivity contribution in [2.24, 2.45) is 5.73 Å². The van der Waals surface area contributed by atoms with Gasteiger partial charge in [0.15, 0.2) is 0 Å². The first-order chi connectivity index (χ1) is 7.92. The predicted molar refractivity (Wildman–Crippen MR) is 70.7 cm³/mol. The van der Waals surface area contributed by atoms with Crippen molar-refractivity contribution in [2.75, 3.05) is 32.7 Å². The molecule has 2 N–H and O–H groups in total. The molecule has 1 aliphatic rings. The van der Waals surface area contributed by atoms with E-state index < -0.39 is 0 Å². The second-order valence-corrected chi connectivity index (χ2v) is 5.46. The summed E-state index contributed by atoms with van der Waals surface area (Å²) in [6.45, 7) is 12.1. The van der Waals surface area contributed by atoms with E-state index in [9.17, 15) is 4.79 Å². The highest BCUT2D eigenvalue weighted by atomic mass is 16.2. The average molecular weight is 239 g/mol. The second-order valence-electron chi connectivity index (χ2n) is 5.46. The van der Waals surface area contributed by atoms with E-state index in [1.54, 1.807) is 0 Å². The highest BCUT2D eigenvalue weighted by Crippen LogP contribution is 2.10. The van der Waals surface area contributed by atoms with Crippen LogP contribution in [0.1, 0.15) is 26.7 Å². The number of hydrogen-bond donors (Lipinski definition) is 1. The lowest BCUT2D eigenvalue weighted by Gasteiger charge is -2.34. The molecule has 0 unspecified atom stereocenters. The van der Waals surface area contributed by atoms with Crippen LogP contribution in [0.5, 0.6) is 0 Å². The van der Waals surface area contributed by atoms with E-state index in [0.29, 0.717) is 6.42 Å². The van der Waals surface area contributed by atoms with Crippen molar-refractivity contribution < 1.29 is 4.79 Å². The van der Waals surface area contributed by atoms with Crippen LogP contribution in [0.25, 0.3) is 0 Å². The minimum Gasteiger partial charge on any atom is -0.340 e. The highest BCUT2D eigenvalue weighted by molar-refractivity contribution is 5.76. The third-order valence-electron chi connectivity index (χ3n) is 3.10. The van der Waals surface area contributed by atoms with Gasteiger partial charge in [-0.15, -0.1) is 6.58 Å². The number of nitrogens with two attached hydrogens (primary N) is 1. The van der Waals surface area contributed by atoms with E-state index in [4.69, 9.17) is 5.73 Å². The molecule has 4 heteroatoms. The molecule has 0 spiro atoms. The molecule has 0 bridgehead atoms. The van der Waals surface area contributed by atoms with E-state index in [1.165, 1.54) is 0 Å². The first-order valence-electron chi connectivity index (χ1n) is 6.32. The average Bonchev–Trinajstić information content (AvgIpc) is 2.26. The third-order valence-corrected chi connectivity index (χ3v) is 3.10. The zero-order chi connectivity index (χ0) is 12.9. The Morgan fingerprint density at radius 3 is 2.41 bits per heavy atom. The first kappa shape index (κ1) is 14.2. The number of rotatable bonds is 5. The summed E-state index contributed by atoms with van der Waals surface area (Å²) in [5, 5.41) is 0. The molecular weight excluding hydrogens is 214 g/mol. The van der Waals surface area contributed by atoms with Gasteiger partial charge in [0.05, 0.1) is 0 Å². The highest BCUT2D eigenvalue weighted by Gasteiger charge is 2.21. The molecule has 0 aliphatic carbocycles. The Morgan fingerprint density at radius 1 is 1.35 bits per heavy atom. The van der Waals surface area contributed by atoms with Crippen LogP contribution in [-0.2, 0) is 4.79 Å². The van der Waals surface area contributed by atoms with Crippen LogP contribution in [0.15, 0.2) is 12.7 Å². The van der Waals surface area contributed by atoms with Crippen molar-refractivity contribution in [1.29, 1.82) is 0 Å². The smallest absolute Gasteiger partial charge is 0.222 e. The van der Waals surface area contributed by atoms with Crippen LogP contribution in [0.3, 0.4) is 0 Å². The molecule has 0 aromatic carbocycles. The maximum Gasteiger partial charge on any atom is 0.222 e. The van der Waals surface area contributed by atoms with Gasteiger partial charge in [-0.1, -0.05) is 6.08 Å². The molecule has 0 aromatic rings. The van der Waals surface area contributed by atoms with Crippen molar-refractivity contribution in [3.05, 3.63) is 12.7 Å². The Morgan fingerprint density at radius 2 is 1.94 bits per heavy atom. The molecule has 1 fully saturated rings. The van der Waals surface area contributed by atoms with Gasteiger partial charge in [0.25, 0.3) is 0 Å². The summed E-state index contributed by atoms with van der Waals surface area (Å²) < 4.78 is 0. The van der Waals surface area contributed by atoms with Crippen LogP contribution in [0.2, 0.25) is 0 Å². The molecule has 1 rings (SSSR count). The van der Waals surface area contributed by atoms with Crippen molar-refractivity contribution in [2.45, 2.75) is 32.2 Å². The summed E-state index contributed by atoms with van der Waals surface area (Å²) in [7, 11) is 0. The Bertz CT molecular complexity index is 262. The normalized spacial score (nSPS) is 18.2. The first-order valence-corrected chi connectivity index (χ1v) is 6.32. The molecule has 98 valence electrons.